The monoisotopic (exact) mass is 282 g/mol. The lowest BCUT2D eigenvalue weighted by Crippen LogP contribution is -2.51. The van der Waals surface area contributed by atoms with Crippen molar-refractivity contribution in [2.75, 3.05) is 13.1 Å². The van der Waals surface area contributed by atoms with Gasteiger partial charge in [-0.15, -0.1) is 0 Å². The van der Waals surface area contributed by atoms with E-state index in [-0.39, 0.29) is 24.0 Å². The highest BCUT2D eigenvalue weighted by atomic mass is 16.4. The van der Waals surface area contributed by atoms with Crippen molar-refractivity contribution in [2.24, 2.45) is 5.41 Å². The Hall–Kier alpha value is -1.26. The molecule has 2 aliphatic rings. The molecule has 0 spiro atoms. The van der Waals surface area contributed by atoms with Crippen molar-refractivity contribution in [3.63, 3.8) is 0 Å². The number of carboxylic acids is 1. The molecule has 0 heterocycles. The van der Waals surface area contributed by atoms with Crippen LogP contribution in [0.5, 0.6) is 0 Å². The lowest BCUT2D eigenvalue weighted by atomic mass is 9.67. The molecule has 2 aliphatic carbocycles. The van der Waals surface area contributed by atoms with Crippen LogP contribution in [0.15, 0.2) is 0 Å². The standard InChI is InChI=1S/C15H26N2O3/c1-2-15(8-5-9-15)11-16-14(20)17(10-13(18)19)12-6-3-4-7-12/h12H,2-11H2,1H3,(H,16,20)(H,18,19). The highest BCUT2D eigenvalue weighted by Crippen LogP contribution is 2.43. The largest absolute Gasteiger partial charge is 0.480 e. The molecule has 0 bridgehead atoms. The van der Waals surface area contributed by atoms with E-state index >= 15 is 0 Å². The van der Waals surface area contributed by atoms with Gasteiger partial charge in [0.05, 0.1) is 0 Å². The average Bonchev–Trinajstić information content (AvgIpc) is 2.88. The Bertz CT molecular complexity index is 355. The molecule has 2 rings (SSSR count). The molecule has 0 aromatic carbocycles. The van der Waals surface area contributed by atoms with Gasteiger partial charge in [0.1, 0.15) is 6.54 Å². The first-order chi connectivity index (χ1) is 9.56. The Morgan fingerprint density at radius 3 is 2.35 bits per heavy atom. The molecule has 2 amide bonds. The summed E-state index contributed by atoms with van der Waals surface area (Å²) in [5.74, 6) is -0.930. The molecular formula is C15H26N2O3. The number of nitrogens with zero attached hydrogens (tertiary/aromatic N) is 1. The third kappa shape index (κ3) is 3.44. The van der Waals surface area contributed by atoms with E-state index in [1.807, 2.05) is 0 Å². The summed E-state index contributed by atoms with van der Waals surface area (Å²) in [7, 11) is 0. The summed E-state index contributed by atoms with van der Waals surface area (Å²) < 4.78 is 0. The molecule has 0 radical (unpaired) electrons. The minimum atomic E-state index is -0.930. The Kier molecular flexibility index (Phi) is 4.89. The van der Waals surface area contributed by atoms with Gasteiger partial charge in [-0.2, -0.15) is 0 Å². The summed E-state index contributed by atoms with van der Waals surface area (Å²) in [4.78, 5) is 24.8. The predicted molar refractivity (Wildman–Crippen MR) is 76.6 cm³/mol. The van der Waals surface area contributed by atoms with Gasteiger partial charge < -0.3 is 15.3 Å². The van der Waals surface area contributed by atoms with Crippen LogP contribution in [0.2, 0.25) is 0 Å². The van der Waals surface area contributed by atoms with E-state index in [2.05, 4.69) is 12.2 Å². The second kappa shape index (κ2) is 6.46. The Balaban J connectivity index is 1.90. The SMILES string of the molecule is CCC1(CNC(=O)N(CC(=O)O)C2CCCC2)CCC1. The molecule has 2 saturated carbocycles. The minimum Gasteiger partial charge on any atom is -0.480 e. The van der Waals surface area contributed by atoms with E-state index in [9.17, 15) is 9.59 Å². The summed E-state index contributed by atoms with van der Waals surface area (Å²) in [6.07, 6.45) is 8.71. The van der Waals surface area contributed by atoms with Crippen LogP contribution in [0.4, 0.5) is 4.79 Å². The fraction of sp³-hybridized carbons (Fsp3) is 0.867. The lowest BCUT2D eigenvalue weighted by Gasteiger charge is -2.42. The molecule has 0 atom stereocenters. The Morgan fingerprint density at radius 1 is 1.25 bits per heavy atom. The number of amides is 2. The van der Waals surface area contributed by atoms with Gasteiger partial charge in [-0.3, -0.25) is 4.79 Å². The van der Waals surface area contributed by atoms with E-state index in [1.54, 1.807) is 0 Å². The van der Waals surface area contributed by atoms with Gasteiger partial charge in [0, 0.05) is 12.6 Å². The number of carbonyl (C=O) groups excluding carboxylic acids is 1. The minimum absolute atomic E-state index is 0.102. The molecule has 114 valence electrons. The van der Waals surface area contributed by atoms with Crippen molar-refractivity contribution < 1.29 is 14.7 Å². The van der Waals surface area contributed by atoms with Crippen molar-refractivity contribution >= 4 is 12.0 Å². The van der Waals surface area contributed by atoms with Gasteiger partial charge in [0.15, 0.2) is 0 Å². The molecule has 0 unspecified atom stereocenters. The van der Waals surface area contributed by atoms with Crippen LogP contribution < -0.4 is 5.32 Å². The molecule has 0 aliphatic heterocycles. The van der Waals surface area contributed by atoms with E-state index in [1.165, 1.54) is 24.2 Å². The number of hydrogen-bond acceptors (Lipinski definition) is 2. The Labute approximate surface area is 120 Å². The molecule has 20 heavy (non-hydrogen) atoms. The molecular weight excluding hydrogens is 256 g/mol. The second-order valence-corrected chi connectivity index (χ2v) is 6.33. The molecule has 0 saturated heterocycles. The normalized spacial score (nSPS) is 21.2. The number of carbonyl (C=O) groups is 2. The number of rotatable bonds is 6. The second-order valence-electron chi connectivity index (χ2n) is 6.33. The van der Waals surface area contributed by atoms with Crippen LogP contribution in [0.25, 0.3) is 0 Å². The molecule has 5 heteroatoms. The molecule has 5 nitrogen and oxygen atoms in total. The number of aliphatic carboxylic acids is 1. The van der Waals surface area contributed by atoms with Crippen molar-refractivity contribution in [2.45, 2.75) is 64.3 Å². The highest BCUT2D eigenvalue weighted by Gasteiger charge is 2.36. The van der Waals surface area contributed by atoms with Crippen molar-refractivity contribution in [1.29, 1.82) is 0 Å². The van der Waals surface area contributed by atoms with Gasteiger partial charge >= 0.3 is 12.0 Å². The van der Waals surface area contributed by atoms with E-state index in [0.29, 0.717) is 6.54 Å². The topological polar surface area (TPSA) is 69.6 Å². The Morgan fingerprint density at radius 2 is 1.90 bits per heavy atom. The van der Waals surface area contributed by atoms with Gasteiger partial charge in [-0.1, -0.05) is 26.2 Å². The maximum absolute atomic E-state index is 12.3. The number of nitrogens with one attached hydrogen (secondary N) is 1. The summed E-state index contributed by atoms with van der Waals surface area (Å²) in [5.41, 5.74) is 0.264. The van der Waals surface area contributed by atoms with Crippen LogP contribution in [0.3, 0.4) is 0 Å². The van der Waals surface area contributed by atoms with E-state index in [0.717, 1.165) is 32.1 Å². The molecule has 2 fully saturated rings. The quantitative estimate of drug-likeness (QED) is 0.786. The smallest absolute Gasteiger partial charge is 0.323 e. The zero-order valence-electron chi connectivity index (χ0n) is 12.4. The zero-order valence-corrected chi connectivity index (χ0v) is 12.4. The van der Waals surface area contributed by atoms with Gasteiger partial charge in [0.25, 0.3) is 0 Å². The molecule has 0 aromatic heterocycles. The van der Waals surface area contributed by atoms with Gasteiger partial charge in [-0.25, -0.2) is 4.79 Å². The molecule has 2 N–H and O–H groups in total. The fourth-order valence-electron chi connectivity index (χ4n) is 3.43. The van der Waals surface area contributed by atoms with Gasteiger partial charge in [0.2, 0.25) is 0 Å². The predicted octanol–water partition coefficient (Wildman–Crippen LogP) is 2.61. The fourth-order valence-corrected chi connectivity index (χ4v) is 3.43. The third-order valence-electron chi connectivity index (χ3n) is 5.11. The summed E-state index contributed by atoms with van der Waals surface area (Å²) in [5, 5.41) is 12.0. The van der Waals surface area contributed by atoms with Gasteiger partial charge in [-0.05, 0) is 37.5 Å². The first kappa shape index (κ1) is 15.1. The van der Waals surface area contributed by atoms with Crippen molar-refractivity contribution in [3.05, 3.63) is 0 Å². The van der Waals surface area contributed by atoms with Crippen LogP contribution in [0.1, 0.15) is 58.3 Å². The zero-order chi connectivity index (χ0) is 14.6. The van der Waals surface area contributed by atoms with Crippen molar-refractivity contribution in [3.8, 4) is 0 Å². The van der Waals surface area contributed by atoms with Crippen LogP contribution in [0, 0.1) is 5.41 Å². The molecule has 0 aromatic rings. The maximum atomic E-state index is 12.3. The average molecular weight is 282 g/mol. The summed E-state index contributed by atoms with van der Waals surface area (Å²) in [6.45, 7) is 2.66. The highest BCUT2D eigenvalue weighted by molar-refractivity contribution is 5.80. The first-order valence-electron chi connectivity index (χ1n) is 7.82. The summed E-state index contributed by atoms with van der Waals surface area (Å²) in [6, 6.07) is -0.0934. The number of hydrogen-bond donors (Lipinski definition) is 2. The van der Waals surface area contributed by atoms with E-state index in [4.69, 9.17) is 5.11 Å². The number of carboxylic acid groups (broad SMARTS) is 1. The van der Waals surface area contributed by atoms with Crippen LogP contribution in [-0.4, -0.2) is 41.1 Å². The van der Waals surface area contributed by atoms with Crippen LogP contribution >= 0.6 is 0 Å². The number of urea groups is 1. The van der Waals surface area contributed by atoms with Crippen LogP contribution in [-0.2, 0) is 4.79 Å². The third-order valence-corrected chi connectivity index (χ3v) is 5.11. The van der Waals surface area contributed by atoms with E-state index < -0.39 is 5.97 Å². The maximum Gasteiger partial charge on any atom is 0.323 e. The first-order valence-corrected chi connectivity index (χ1v) is 7.82. The lowest BCUT2D eigenvalue weighted by molar-refractivity contribution is -0.138. The van der Waals surface area contributed by atoms with Crippen molar-refractivity contribution in [1.82, 2.24) is 10.2 Å². The summed E-state index contributed by atoms with van der Waals surface area (Å²) >= 11 is 0.